The van der Waals surface area contributed by atoms with Crippen molar-refractivity contribution in [2.45, 2.75) is 19.3 Å². The number of pyridine rings is 1. The summed E-state index contributed by atoms with van der Waals surface area (Å²) in [6, 6.07) is 10.3. The number of piperidine rings is 1. The van der Waals surface area contributed by atoms with Crippen LogP contribution in [0.5, 0.6) is 0 Å². The van der Waals surface area contributed by atoms with E-state index in [1.807, 2.05) is 29.3 Å². The van der Waals surface area contributed by atoms with E-state index in [4.69, 9.17) is 0 Å². The lowest BCUT2D eigenvalue weighted by atomic mass is 9.97. The molecule has 26 heavy (non-hydrogen) atoms. The van der Waals surface area contributed by atoms with Gasteiger partial charge in [-0.15, -0.1) is 0 Å². The van der Waals surface area contributed by atoms with Crippen molar-refractivity contribution in [1.82, 2.24) is 15.2 Å². The number of nitrogens with zero attached hydrogens (tertiary/aromatic N) is 3. The van der Waals surface area contributed by atoms with Crippen LogP contribution < -0.4 is 10.2 Å². The minimum Gasteiger partial charge on any atom is -0.355 e. The van der Waals surface area contributed by atoms with Crippen molar-refractivity contribution in [2.75, 3.05) is 37.6 Å². The van der Waals surface area contributed by atoms with Crippen molar-refractivity contribution in [3.63, 3.8) is 0 Å². The van der Waals surface area contributed by atoms with Crippen molar-refractivity contribution >= 4 is 28.4 Å². The van der Waals surface area contributed by atoms with Crippen LogP contribution in [0.4, 0.5) is 5.82 Å². The van der Waals surface area contributed by atoms with Gasteiger partial charge in [-0.1, -0.05) is 24.3 Å². The molecule has 2 saturated heterocycles. The largest absolute Gasteiger partial charge is 0.355 e. The highest BCUT2D eigenvalue weighted by Gasteiger charge is 2.29. The Balaban J connectivity index is 1.46. The second kappa shape index (κ2) is 7.32. The molecule has 6 nitrogen and oxygen atoms in total. The average molecular weight is 352 g/mol. The van der Waals surface area contributed by atoms with E-state index in [1.165, 1.54) is 5.39 Å². The van der Waals surface area contributed by atoms with E-state index in [1.54, 1.807) is 0 Å². The first-order valence-electron chi connectivity index (χ1n) is 9.36. The number of nitrogens with one attached hydrogen (secondary N) is 1. The minimum atomic E-state index is -0.0741. The smallest absolute Gasteiger partial charge is 0.227 e. The Morgan fingerprint density at radius 1 is 1.12 bits per heavy atom. The van der Waals surface area contributed by atoms with Gasteiger partial charge in [0.05, 0.1) is 5.92 Å². The van der Waals surface area contributed by atoms with E-state index >= 15 is 0 Å². The second-order valence-electron chi connectivity index (χ2n) is 7.06. The predicted octanol–water partition coefficient (Wildman–Crippen LogP) is 1.80. The van der Waals surface area contributed by atoms with E-state index < -0.39 is 0 Å². The van der Waals surface area contributed by atoms with Crippen LogP contribution in [0.25, 0.3) is 10.8 Å². The summed E-state index contributed by atoms with van der Waals surface area (Å²) in [5.74, 6) is 1.16. The topological polar surface area (TPSA) is 65.5 Å². The van der Waals surface area contributed by atoms with Gasteiger partial charge >= 0.3 is 0 Å². The zero-order valence-electron chi connectivity index (χ0n) is 14.9. The SMILES string of the molecule is O=C1CCC(C(=O)N2CCCN(c3nccc4ccccc34)CC2)CN1. The van der Waals surface area contributed by atoms with Crippen molar-refractivity contribution in [3.8, 4) is 0 Å². The number of carbonyl (C=O) groups is 2. The molecule has 2 amide bonds. The van der Waals surface area contributed by atoms with Gasteiger partial charge in [-0.2, -0.15) is 0 Å². The van der Waals surface area contributed by atoms with Gasteiger partial charge < -0.3 is 15.1 Å². The number of aromatic nitrogens is 1. The monoisotopic (exact) mass is 352 g/mol. The third-order valence-electron chi connectivity index (χ3n) is 5.37. The highest BCUT2D eigenvalue weighted by Crippen LogP contribution is 2.25. The Hall–Kier alpha value is -2.63. The Kier molecular flexibility index (Phi) is 4.73. The summed E-state index contributed by atoms with van der Waals surface area (Å²) in [6.45, 7) is 3.62. The summed E-state index contributed by atoms with van der Waals surface area (Å²) in [5.41, 5.74) is 0. The first-order valence-corrected chi connectivity index (χ1v) is 9.36. The lowest BCUT2D eigenvalue weighted by molar-refractivity contribution is -0.137. The zero-order valence-corrected chi connectivity index (χ0v) is 14.9. The van der Waals surface area contributed by atoms with Crippen LogP contribution in [0, 0.1) is 5.92 Å². The Bertz CT molecular complexity index is 807. The Labute approximate surface area is 153 Å². The summed E-state index contributed by atoms with van der Waals surface area (Å²) < 4.78 is 0. The fourth-order valence-corrected chi connectivity index (χ4v) is 3.91. The molecule has 1 aromatic heterocycles. The number of rotatable bonds is 2. The number of hydrogen-bond donors (Lipinski definition) is 1. The van der Waals surface area contributed by atoms with Crippen LogP contribution in [-0.4, -0.2) is 54.4 Å². The highest BCUT2D eigenvalue weighted by molar-refractivity contribution is 5.92. The fraction of sp³-hybridized carbons (Fsp3) is 0.450. The molecule has 0 radical (unpaired) electrons. The van der Waals surface area contributed by atoms with Gasteiger partial charge in [0.25, 0.3) is 0 Å². The molecule has 1 atom stereocenters. The van der Waals surface area contributed by atoms with Crippen LogP contribution in [0.1, 0.15) is 19.3 Å². The number of anilines is 1. The van der Waals surface area contributed by atoms with E-state index in [-0.39, 0.29) is 17.7 Å². The molecule has 3 heterocycles. The van der Waals surface area contributed by atoms with Gasteiger partial charge in [-0.25, -0.2) is 4.98 Å². The standard InChI is InChI=1S/C20H24N4O2/c25-18-7-6-16(14-22-18)20(26)24-11-3-10-23(12-13-24)19-17-5-2-1-4-15(17)8-9-21-19/h1-2,4-5,8-9,16H,3,6-7,10-14H2,(H,22,25). The maximum atomic E-state index is 12.8. The van der Waals surface area contributed by atoms with E-state index in [2.05, 4.69) is 27.3 Å². The quantitative estimate of drug-likeness (QED) is 0.895. The highest BCUT2D eigenvalue weighted by atomic mass is 16.2. The molecule has 2 aliphatic heterocycles. The van der Waals surface area contributed by atoms with Gasteiger partial charge in [-0.3, -0.25) is 9.59 Å². The van der Waals surface area contributed by atoms with Gasteiger partial charge in [0.1, 0.15) is 5.82 Å². The van der Waals surface area contributed by atoms with Crippen molar-refractivity contribution in [1.29, 1.82) is 0 Å². The lowest BCUT2D eigenvalue weighted by Gasteiger charge is -2.29. The molecule has 2 aromatic rings. The number of benzene rings is 1. The summed E-state index contributed by atoms with van der Waals surface area (Å²) in [6.07, 6.45) is 3.90. The third kappa shape index (κ3) is 3.36. The molecule has 0 spiro atoms. The van der Waals surface area contributed by atoms with Crippen LogP contribution in [-0.2, 0) is 9.59 Å². The van der Waals surface area contributed by atoms with Crippen LogP contribution in [0.15, 0.2) is 36.5 Å². The Morgan fingerprint density at radius 3 is 2.85 bits per heavy atom. The van der Waals surface area contributed by atoms with E-state index in [0.29, 0.717) is 25.9 Å². The lowest BCUT2D eigenvalue weighted by Crippen LogP contribution is -2.46. The molecule has 0 aliphatic carbocycles. The minimum absolute atomic E-state index is 0.0538. The van der Waals surface area contributed by atoms with E-state index in [0.717, 1.165) is 37.3 Å². The molecule has 2 fully saturated rings. The van der Waals surface area contributed by atoms with Gasteiger partial charge in [0, 0.05) is 50.7 Å². The second-order valence-corrected chi connectivity index (χ2v) is 7.06. The van der Waals surface area contributed by atoms with Crippen LogP contribution in [0.2, 0.25) is 0 Å². The fourth-order valence-electron chi connectivity index (χ4n) is 3.91. The normalized spacial score (nSPS) is 21.4. The summed E-state index contributed by atoms with van der Waals surface area (Å²) in [7, 11) is 0. The summed E-state index contributed by atoms with van der Waals surface area (Å²) >= 11 is 0. The Morgan fingerprint density at radius 2 is 2.00 bits per heavy atom. The van der Waals surface area contributed by atoms with Gasteiger partial charge in [0.15, 0.2) is 0 Å². The van der Waals surface area contributed by atoms with Crippen LogP contribution >= 0.6 is 0 Å². The molecular weight excluding hydrogens is 328 g/mol. The average Bonchev–Trinajstić information content (AvgIpc) is 2.94. The zero-order chi connectivity index (χ0) is 17.9. The number of fused-ring (bicyclic) bond motifs is 1. The van der Waals surface area contributed by atoms with Crippen molar-refractivity contribution in [3.05, 3.63) is 36.5 Å². The predicted molar refractivity (Wildman–Crippen MR) is 101 cm³/mol. The third-order valence-corrected chi connectivity index (χ3v) is 5.37. The number of carbonyl (C=O) groups excluding carboxylic acids is 2. The molecule has 0 bridgehead atoms. The molecule has 1 aromatic carbocycles. The molecular formula is C20H24N4O2. The summed E-state index contributed by atoms with van der Waals surface area (Å²) in [5, 5.41) is 5.16. The number of hydrogen-bond acceptors (Lipinski definition) is 4. The summed E-state index contributed by atoms with van der Waals surface area (Å²) in [4.78, 5) is 33.0. The molecule has 2 aliphatic rings. The molecule has 136 valence electrons. The number of amides is 2. The van der Waals surface area contributed by atoms with Crippen molar-refractivity contribution in [2.24, 2.45) is 5.92 Å². The molecule has 4 rings (SSSR count). The van der Waals surface area contributed by atoms with E-state index in [9.17, 15) is 9.59 Å². The van der Waals surface area contributed by atoms with Gasteiger partial charge in [-0.05, 0) is 24.3 Å². The molecule has 6 heteroatoms. The molecule has 0 saturated carbocycles. The van der Waals surface area contributed by atoms with Crippen molar-refractivity contribution < 1.29 is 9.59 Å². The maximum absolute atomic E-state index is 12.8. The van der Waals surface area contributed by atoms with Gasteiger partial charge in [0.2, 0.25) is 11.8 Å². The van der Waals surface area contributed by atoms with Crippen LogP contribution in [0.3, 0.4) is 0 Å². The first-order chi connectivity index (χ1) is 12.7. The molecule has 1 N–H and O–H groups in total. The first kappa shape index (κ1) is 16.8. The molecule has 1 unspecified atom stereocenters. The maximum Gasteiger partial charge on any atom is 0.227 e.